The van der Waals surface area contributed by atoms with Crippen LogP contribution < -0.4 is 10.6 Å². The highest BCUT2D eigenvalue weighted by Crippen LogP contribution is 2.15. The minimum Gasteiger partial charge on any atom is -0.347 e. The minimum absolute atomic E-state index is 0.130. The van der Waals surface area contributed by atoms with E-state index in [1.54, 1.807) is 48.8 Å². The maximum Gasteiger partial charge on any atom is 0.270 e. The number of anilines is 1. The van der Waals surface area contributed by atoms with Crippen LogP contribution in [0.5, 0.6) is 0 Å². The lowest BCUT2D eigenvalue weighted by molar-refractivity contribution is 0.0946. The maximum absolute atomic E-state index is 12.4. The first-order chi connectivity index (χ1) is 13.2. The molecule has 3 aromatic rings. The number of nitriles is 1. The van der Waals surface area contributed by atoms with Crippen molar-refractivity contribution >= 4 is 17.5 Å². The third-order valence-corrected chi connectivity index (χ3v) is 3.75. The SMILES string of the molecule is N#Cc1ccccc1NC(=O)c1ccnc(C(=O)NCc2ccncc2)c1. The summed E-state index contributed by atoms with van der Waals surface area (Å²) in [5.74, 6) is -0.817. The molecule has 2 N–H and O–H groups in total. The van der Waals surface area contributed by atoms with Crippen molar-refractivity contribution in [2.24, 2.45) is 0 Å². The van der Waals surface area contributed by atoms with E-state index in [0.29, 0.717) is 17.8 Å². The predicted molar refractivity (Wildman–Crippen MR) is 98.8 cm³/mol. The van der Waals surface area contributed by atoms with Crippen LogP contribution in [0, 0.1) is 11.3 Å². The van der Waals surface area contributed by atoms with Gasteiger partial charge in [-0.25, -0.2) is 0 Å². The van der Waals surface area contributed by atoms with Gasteiger partial charge in [0, 0.05) is 30.7 Å². The van der Waals surface area contributed by atoms with Gasteiger partial charge in [-0.15, -0.1) is 0 Å². The Hall–Kier alpha value is -4.05. The summed E-state index contributed by atoms with van der Waals surface area (Å²) >= 11 is 0. The molecule has 0 aliphatic heterocycles. The topological polar surface area (TPSA) is 108 Å². The summed E-state index contributed by atoms with van der Waals surface area (Å²) in [7, 11) is 0. The highest BCUT2D eigenvalue weighted by Gasteiger charge is 2.13. The second-order valence-corrected chi connectivity index (χ2v) is 5.58. The van der Waals surface area contributed by atoms with Crippen molar-refractivity contribution < 1.29 is 9.59 Å². The Morgan fingerprint density at radius 3 is 2.56 bits per heavy atom. The number of aromatic nitrogens is 2. The molecule has 0 bridgehead atoms. The Morgan fingerprint density at radius 1 is 1.00 bits per heavy atom. The van der Waals surface area contributed by atoms with E-state index in [1.807, 2.05) is 6.07 Å². The number of rotatable bonds is 5. The van der Waals surface area contributed by atoms with Crippen LogP contribution in [0.4, 0.5) is 5.69 Å². The van der Waals surface area contributed by atoms with Gasteiger partial charge in [-0.1, -0.05) is 12.1 Å². The largest absolute Gasteiger partial charge is 0.347 e. The van der Waals surface area contributed by atoms with Crippen LogP contribution in [-0.2, 0) is 6.54 Å². The molecule has 2 heterocycles. The minimum atomic E-state index is -0.428. The fourth-order valence-electron chi connectivity index (χ4n) is 2.35. The number of para-hydroxylation sites is 1. The van der Waals surface area contributed by atoms with Gasteiger partial charge in [-0.2, -0.15) is 5.26 Å². The molecule has 0 saturated carbocycles. The van der Waals surface area contributed by atoms with E-state index in [2.05, 4.69) is 20.6 Å². The van der Waals surface area contributed by atoms with Crippen LogP contribution in [-0.4, -0.2) is 21.8 Å². The summed E-state index contributed by atoms with van der Waals surface area (Å²) in [5, 5.41) is 14.5. The lowest BCUT2D eigenvalue weighted by Gasteiger charge is -2.08. The van der Waals surface area contributed by atoms with Crippen molar-refractivity contribution in [2.75, 3.05) is 5.32 Å². The Morgan fingerprint density at radius 2 is 1.78 bits per heavy atom. The standard InChI is InChI=1S/C20H15N5O2/c21-12-16-3-1-2-4-17(16)25-19(26)15-7-10-23-18(11-15)20(27)24-13-14-5-8-22-9-6-14/h1-11H,13H2,(H,24,27)(H,25,26). The Bertz CT molecular complexity index is 1010. The van der Waals surface area contributed by atoms with E-state index in [-0.39, 0.29) is 17.2 Å². The molecule has 7 heteroatoms. The molecule has 2 amide bonds. The lowest BCUT2D eigenvalue weighted by Crippen LogP contribution is -2.24. The van der Waals surface area contributed by atoms with Crippen molar-refractivity contribution in [3.8, 4) is 6.07 Å². The first-order valence-electron chi connectivity index (χ1n) is 8.11. The number of nitrogens with one attached hydrogen (secondary N) is 2. The molecule has 1 aromatic carbocycles. The van der Waals surface area contributed by atoms with Gasteiger partial charge >= 0.3 is 0 Å². The highest BCUT2D eigenvalue weighted by atomic mass is 16.2. The summed E-state index contributed by atoms with van der Waals surface area (Å²) in [6.07, 6.45) is 4.68. The van der Waals surface area contributed by atoms with Crippen LogP contribution in [0.3, 0.4) is 0 Å². The van der Waals surface area contributed by atoms with E-state index in [1.165, 1.54) is 18.3 Å². The number of nitrogens with zero attached hydrogens (tertiary/aromatic N) is 3. The Labute approximate surface area is 155 Å². The Kier molecular flexibility index (Phi) is 5.50. The zero-order valence-corrected chi connectivity index (χ0v) is 14.2. The van der Waals surface area contributed by atoms with Crippen LogP contribution in [0.1, 0.15) is 32.0 Å². The van der Waals surface area contributed by atoms with Gasteiger partial charge in [-0.05, 0) is 42.0 Å². The van der Waals surface area contributed by atoms with Crippen molar-refractivity contribution in [1.82, 2.24) is 15.3 Å². The fraction of sp³-hybridized carbons (Fsp3) is 0.0500. The van der Waals surface area contributed by atoms with Gasteiger partial charge in [0.25, 0.3) is 11.8 Å². The lowest BCUT2D eigenvalue weighted by atomic mass is 10.1. The second-order valence-electron chi connectivity index (χ2n) is 5.58. The number of benzene rings is 1. The number of pyridine rings is 2. The van der Waals surface area contributed by atoms with Crippen molar-refractivity contribution in [3.05, 3.63) is 89.5 Å². The first kappa shape index (κ1) is 17.8. The molecule has 7 nitrogen and oxygen atoms in total. The van der Waals surface area contributed by atoms with Crippen LogP contribution in [0.15, 0.2) is 67.1 Å². The molecule has 132 valence electrons. The van der Waals surface area contributed by atoms with Crippen molar-refractivity contribution in [2.45, 2.75) is 6.54 Å². The monoisotopic (exact) mass is 357 g/mol. The summed E-state index contributed by atoms with van der Waals surface area (Å²) < 4.78 is 0. The second kappa shape index (κ2) is 8.36. The van der Waals surface area contributed by atoms with Crippen LogP contribution in [0.2, 0.25) is 0 Å². The number of hydrogen-bond donors (Lipinski definition) is 2. The van der Waals surface area contributed by atoms with Gasteiger partial charge in [0.05, 0.1) is 11.3 Å². The first-order valence-corrected chi connectivity index (χ1v) is 8.11. The zero-order chi connectivity index (χ0) is 19.1. The number of amides is 2. The summed E-state index contributed by atoms with van der Waals surface area (Å²) in [6.45, 7) is 0.328. The molecule has 0 aliphatic rings. The van der Waals surface area contributed by atoms with E-state index >= 15 is 0 Å². The molecular formula is C20H15N5O2. The highest BCUT2D eigenvalue weighted by molar-refractivity contribution is 6.06. The molecule has 3 rings (SSSR count). The predicted octanol–water partition coefficient (Wildman–Crippen LogP) is 2.53. The van der Waals surface area contributed by atoms with E-state index in [4.69, 9.17) is 5.26 Å². The molecule has 27 heavy (non-hydrogen) atoms. The summed E-state index contributed by atoms with van der Waals surface area (Å²) in [6, 6.07) is 15.2. The Balaban J connectivity index is 1.70. The molecular weight excluding hydrogens is 342 g/mol. The molecule has 0 unspecified atom stereocenters. The molecule has 0 aliphatic carbocycles. The normalized spacial score (nSPS) is 9.89. The third kappa shape index (κ3) is 4.52. The quantitative estimate of drug-likeness (QED) is 0.729. The van der Waals surface area contributed by atoms with Gasteiger partial charge in [0.15, 0.2) is 0 Å². The van der Waals surface area contributed by atoms with Crippen LogP contribution >= 0.6 is 0 Å². The van der Waals surface area contributed by atoms with Gasteiger partial charge in [0.1, 0.15) is 11.8 Å². The fourth-order valence-corrected chi connectivity index (χ4v) is 2.35. The number of carbonyl (C=O) groups is 2. The molecule has 0 fully saturated rings. The van der Waals surface area contributed by atoms with Gasteiger partial charge in [-0.3, -0.25) is 19.6 Å². The van der Waals surface area contributed by atoms with E-state index < -0.39 is 5.91 Å². The van der Waals surface area contributed by atoms with E-state index in [0.717, 1.165) is 5.56 Å². The maximum atomic E-state index is 12.4. The smallest absolute Gasteiger partial charge is 0.270 e. The molecule has 2 aromatic heterocycles. The summed E-state index contributed by atoms with van der Waals surface area (Å²) in [4.78, 5) is 32.7. The summed E-state index contributed by atoms with van der Waals surface area (Å²) in [5.41, 5.74) is 2.07. The molecule has 0 saturated heterocycles. The van der Waals surface area contributed by atoms with Crippen LogP contribution in [0.25, 0.3) is 0 Å². The van der Waals surface area contributed by atoms with Crippen molar-refractivity contribution in [1.29, 1.82) is 5.26 Å². The average Bonchev–Trinajstić information content (AvgIpc) is 2.73. The number of hydrogen-bond acceptors (Lipinski definition) is 5. The molecule has 0 radical (unpaired) electrons. The molecule has 0 spiro atoms. The van der Waals surface area contributed by atoms with Gasteiger partial charge in [0.2, 0.25) is 0 Å². The van der Waals surface area contributed by atoms with Gasteiger partial charge < -0.3 is 10.6 Å². The average molecular weight is 357 g/mol. The zero-order valence-electron chi connectivity index (χ0n) is 14.2. The van der Waals surface area contributed by atoms with E-state index in [9.17, 15) is 9.59 Å². The number of carbonyl (C=O) groups excluding carboxylic acids is 2. The van der Waals surface area contributed by atoms with Crippen molar-refractivity contribution in [3.63, 3.8) is 0 Å². The molecule has 0 atom stereocenters. The third-order valence-electron chi connectivity index (χ3n) is 3.75.